The average molecular weight is 564 g/mol. The number of hydrogen-bond donors (Lipinski definition) is 2. The Hall–Kier alpha value is -3.10. The SMILES string of the molecule is COCCCS(=O)(=O)c1ccc(C(=NO[C@@H]2CCOC2)C(=O)Nc2nc3ccc(OCCO)cc3s2)cc1. The van der Waals surface area contributed by atoms with E-state index in [0.29, 0.717) is 54.6 Å². The van der Waals surface area contributed by atoms with Crippen LogP contribution in [0.3, 0.4) is 0 Å². The highest BCUT2D eigenvalue weighted by atomic mass is 32.2. The third kappa shape index (κ3) is 7.26. The molecule has 0 bridgehead atoms. The van der Waals surface area contributed by atoms with Crippen LogP contribution in [0, 0.1) is 0 Å². The molecule has 1 saturated heterocycles. The molecule has 204 valence electrons. The molecule has 0 aliphatic carbocycles. The van der Waals surface area contributed by atoms with Crippen LogP contribution in [0.2, 0.25) is 0 Å². The molecule has 13 heteroatoms. The minimum absolute atomic E-state index is 0.0218. The number of fused-ring (bicyclic) bond motifs is 1. The number of thiazole rings is 1. The molecule has 1 amide bonds. The Labute approximate surface area is 224 Å². The Kier molecular flexibility index (Phi) is 9.63. The van der Waals surface area contributed by atoms with Crippen LogP contribution >= 0.6 is 11.3 Å². The van der Waals surface area contributed by atoms with Gasteiger partial charge in [0.15, 0.2) is 26.8 Å². The van der Waals surface area contributed by atoms with Gasteiger partial charge in [0.2, 0.25) is 0 Å². The van der Waals surface area contributed by atoms with Gasteiger partial charge in [0.05, 0.1) is 40.7 Å². The smallest absolute Gasteiger partial charge is 0.280 e. The third-order valence-corrected chi connectivity index (χ3v) is 8.33. The molecule has 4 rings (SSSR count). The molecule has 2 heterocycles. The standard InChI is InChI=1S/C25H29N3O8S2/c1-33-11-2-14-38(31,32)20-6-3-17(4-7-20)23(28-36-19-9-12-34-16-19)24(30)27-25-26-21-8-5-18(35-13-10-29)15-22(21)37-25/h3-8,15,19,29H,2,9-14,16H2,1H3,(H,26,27,30)/t19-/m1/s1. The van der Waals surface area contributed by atoms with Crippen LogP contribution in [0.25, 0.3) is 10.2 Å². The Morgan fingerprint density at radius 2 is 2.05 bits per heavy atom. The van der Waals surface area contributed by atoms with Crippen LogP contribution in [-0.4, -0.2) is 82.1 Å². The van der Waals surface area contributed by atoms with Crippen LogP contribution in [0.4, 0.5) is 5.13 Å². The zero-order valence-electron chi connectivity index (χ0n) is 20.8. The highest BCUT2D eigenvalue weighted by molar-refractivity contribution is 7.91. The van der Waals surface area contributed by atoms with Crippen LogP contribution in [0.1, 0.15) is 18.4 Å². The second-order valence-corrected chi connectivity index (χ2v) is 11.5. The first kappa shape index (κ1) is 27.9. The summed E-state index contributed by atoms with van der Waals surface area (Å²) in [5, 5.41) is 16.2. The summed E-state index contributed by atoms with van der Waals surface area (Å²) in [6, 6.07) is 11.2. The highest BCUT2D eigenvalue weighted by Gasteiger charge is 2.22. The lowest BCUT2D eigenvalue weighted by molar-refractivity contribution is -0.110. The van der Waals surface area contributed by atoms with Crippen molar-refractivity contribution in [2.45, 2.75) is 23.8 Å². The molecule has 1 fully saturated rings. The normalized spacial score (nSPS) is 16.1. The van der Waals surface area contributed by atoms with Gasteiger partial charge in [0, 0.05) is 25.7 Å². The highest BCUT2D eigenvalue weighted by Crippen LogP contribution is 2.29. The van der Waals surface area contributed by atoms with Crippen molar-refractivity contribution in [1.82, 2.24) is 4.98 Å². The lowest BCUT2D eigenvalue weighted by Crippen LogP contribution is -2.25. The summed E-state index contributed by atoms with van der Waals surface area (Å²) in [4.78, 5) is 23.4. The monoisotopic (exact) mass is 563 g/mol. The maximum Gasteiger partial charge on any atom is 0.280 e. The molecule has 1 aliphatic rings. The molecule has 1 atom stereocenters. The molecule has 11 nitrogen and oxygen atoms in total. The average Bonchev–Trinajstić information content (AvgIpc) is 3.57. The summed E-state index contributed by atoms with van der Waals surface area (Å²) in [5.74, 6) is -0.0215. The molecule has 1 aromatic heterocycles. The first-order valence-corrected chi connectivity index (χ1v) is 14.5. The second-order valence-electron chi connectivity index (χ2n) is 8.40. The Balaban J connectivity index is 1.54. The van der Waals surface area contributed by atoms with Gasteiger partial charge in [-0.2, -0.15) is 0 Å². The predicted molar refractivity (Wildman–Crippen MR) is 143 cm³/mol. The van der Waals surface area contributed by atoms with Gasteiger partial charge in [0.1, 0.15) is 12.4 Å². The number of sulfone groups is 1. The van der Waals surface area contributed by atoms with Gasteiger partial charge < -0.3 is 24.2 Å². The zero-order valence-corrected chi connectivity index (χ0v) is 22.4. The number of nitrogens with zero attached hydrogens (tertiary/aromatic N) is 2. The fraction of sp³-hybridized carbons (Fsp3) is 0.400. The number of anilines is 1. The molecular weight excluding hydrogens is 534 g/mol. The van der Waals surface area contributed by atoms with Crippen molar-refractivity contribution in [3.8, 4) is 5.75 Å². The van der Waals surface area contributed by atoms with Gasteiger partial charge >= 0.3 is 0 Å². The van der Waals surface area contributed by atoms with Gasteiger partial charge in [-0.15, -0.1) is 0 Å². The predicted octanol–water partition coefficient (Wildman–Crippen LogP) is 2.63. The summed E-state index contributed by atoms with van der Waals surface area (Å²) in [7, 11) is -1.97. The largest absolute Gasteiger partial charge is 0.491 e. The van der Waals surface area contributed by atoms with Crippen LogP contribution in [0.5, 0.6) is 5.75 Å². The van der Waals surface area contributed by atoms with E-state index >= 15 is 0 Å². The number of aliphatic hydroxyl groups is 1. The molecule has 0 saturated carbocycles. The Morgan fingerprint density at radius 3 is 2.76 bits per heavy atom. The zero-order chi connectivity index (χ0) is 27.0. The summed E-state index contributed by atoms with van der Waals surface area (Å²) in [6.07, 6.45) is 0.748. The van der Waals surface area contributed by atoms with E-state index in [4.69, 9.17) is 24.2 Å². The van der Waals surface area contributed by atoms with E-state index < -0.39 is 15.7 Å². The van der Waals surface area contributed by atoms with E-state index in [1.54, 1.807) is 18.2 Å². The van der Waals surface area contributed by atoms with E-state index in [-0.39, 0.29) is 35.7 Å². The van der Waals surface area contributed by atoms with Gasteiger partial charge in [-0.25, -0.2) is 13.4 Å². The first-order valence-electron chi connectivity index (χ1n) is 12.0. The Bertz CT molecular complexity index is 1370. The number of oxime groups is 1. The number of ether oxygens (including phenoxy) is 3. The molecule has 0 unspecified atom stereocenters. The minimum atomic E-state index is -3.49. The molecule has 38 heavy (non-hydrogen) atoms. The van der Waals surface area contributed by atoms with Crippen molar-refractivity contribution in [1.29, 1.82) is 0 Å². The molecule has 2 aromatic carbocycles. The first-order chi connectivity index (χ1) is 18.4. The van der Waals surface area contributed by atoms with Gasteiger partial charge in [-0.1, -0.05) is 28.6 Å². The number of aromatic nitrogens is 1. The number of hydrogen-bond acceptors (Lipinski definition) is 11. The summed E-state index contributed by atoms with van der Waals surface area (Å²) in [6.45, 7) is 1.34. The van der Waals surface area contributed by atoms with Gasteiger partial charge in [-0.05, 0) is 36.8 Å². The minimum Gasteiger partial charge on any atom is -0.491 e. The quantitative estimate of drug-likeness (QED) is 0.182. The van der Waals surface area contributed by atoms with E-state index in [1.165, 1.54) is 42.7 Å². The molecule has 1 aliphatic heterocycles. The fourth-order valence-corrected chi connectivity index (χ4v) is 5.82. The maximum atomic E-state index is 13.3. The van der Waals surface area contributed by atoms with Crippen molar-refractivity contribution < 1.29 is 37.4 Å². The number of amides is 1. The van der Waals surface area contributed by atoms with Crippen molar-refractivity contribution in [3.63, 3.8) is 0 Å². The number of methoxy groups -OCH3 is 1. The van der Waals surface area contributed by atoms with Gasteiger partial charge in [-0.3, -0.25) is 10.1 Å². The molecular formula is C25H29N3O8S2. The maximum absolute atomic E-state index is 13.3. The fourth-order valence-electron chi connectivity index (χ4n) is 3.65. The van der Waals surface area contributed by atoms with Crippen LogP contribution in [-0.2, 0) is 28.9 Å². The van der Waals surface area contributed by atoms with Crippen molar-refractivity contribution in [3.05, 3.63) is 48.0 Å². The number of nitrogens with one attached hydrogen (secondary N) is 1. The van der Waals surface area contributed by atoms with Crippen molar-refractivity contribution in [2.24, 2.45) is 5.16 Å². The summed E-state index contributed by atoms with van der Waals surface area (Å²) in [5.41, 5.74) is 1.03. The molecule has 0 radical (unpaired) electrons. The lowest BCUT2D eigenvalue weighted by Gasteiger charge is -2.10. The summed E-state index contributed by atoms with van der Waals surface area (Å²) < 4.78 is 41.7. The van der Waals surface area contributed by atoms with E-state index in [2.05, 4.69) is 15.5 Å². The number of benzene rings is 2. The Morgan fingerprint density at radius 1 is 1.24 bits per heavy atom. The molecule has 2 N–H and O–H groups in total. The topological polar surface area (TPSA) is 146 Å². The number of carbonyl (C=O) groups is 1. The number of aliphatic hydroxyl groups excluding tert-OH is 1. The van der Waals surface area contributed by atoms with Crippen molar-refractivity contribution >= 4 is 48.1 Å². The summed E-state index contributed by atoms with van der Waals surface area (Å²) >= 11 is 1.25. The lowest BCUT2D eigenvalue weighted by atomic mass is 10.1. The second kappa shape index (κ2) is 13.1. The number of carbonyl (C=O) groups excluding carboxylic acids is 1. The number of rotatable bonds is 13. The van der Waals surface area contributed by atoms with E-state index in [0.717, 1.165) is 4.70 Å². The van der Waals surface area contributed by atoms with Crippen molar-refractivity contribution in [2.75, 3.05) is 51.2 Å². The molecule has 0 spiro atoms. The van der Waals surface area contributed by atoms with E-state index in [9.17, 15) is 13.2 Å². The van der Waals surface area contributed by atoms with Gasteiger partial charge in [0.25, 0.3) is 5.91 Å². The van der Waals surface area contributed by atoms with E-state index in [1.807, 2.05) is 0 Å². The third-order valence-electron chi connectivity index (χ3n) is 5.58. The van der Waals surface area contributed by atoms with Crippen LogP contribution < -0.4 is 10.1 Å². The van der Waals surface area contributed by atoms with Crippen LogP contribution in [0.15, 0.2) is 52.5 Å². The molecule has 3 aromatic rings.